The summed E-state index contributed by atoms with van der Waals surface area (Å²) >= 11 is 3.53. The predicted molar refractivity (Wildman–Crippen MR) is 86.9 cm³/mol. The number of fused-ring (bicyclic) bond motifs is 3. The maximum atomic E-state index is 11.9. The monoisotopic (exact) mass is 359 g/mol. The third-order valence-electron chi connectivity index (χ3n) is 3.78. The Morgan fingerprint density at radius 1 is 1.27 bits per heavy atom. The van der Waals surface area contributed by atoms with Crippen molar-refractivity contribution in [1.82, 2.24) is 0 Å². The van der Waals surface area contributed by atoms with E-state index in [2.05, 4.69) is 15.9 Å². The molecule has 0 atom stereocenters. The standard InChI is InChI=1S/C17H14BrNO3/c1-2-22-17(21)9-3-4-11-10(7-9)8-13-12(16(19)20)5-6-14(18)15(11)13/h3-7H,2,8H2,1H3,(H2,19,20). The fraction of sp³-hybridized carbons (Fsp3) is 0.176. The third kappa shape index (κ3) is 2.31. The Kier molecular flexibility index (Phi) is 3.74. The summed E-state index contributed by atoms with van der Waals surface area (Å²) in [5.41, 5.74) is 10.4. The highest BCUT2D eigenvalue weighted by Crippen LogP contribution is 2.43. The van der Waals surface area contributed by atoms with Crippen LogP contribution in [0.3, 0.4) is 0 Å². The highest BCUT2D eigenvalue weighted by molar-refractivity contribution is 9.10. The molecule has 0 spiro atoms. The van der Waals surface area contributed by atoms with Gasteiger partial charge in [0.15, 0.2) is 0 Å². The molecule has 4 nitrogen and oxygen atoms in total. The Morgan fingerprint density at radius 3 is 2.73 bits per heavy atom. The molecule has 22 heavy (non-hydrogen) atoms. The zero-order valence-electron chi connectivity index (χ0n) is 12.0. The van der Waals surface area contributed by atoms with Gasteiger partial charge in [0.05, 0.1) is 12.2 Å². The number of primary amides is 1. The van der Waals surface area contributed by atoms with Crippen LogP contribution in [0.25, 0.3) is 11.1 Å². The van der Waals surface area contributed by atoms with Crippen molar-refractivity contribution in [3.05, 3.63) is 57.1 Å². The fourth-order valence-corrected chi connectivity index (χ4v) is 3.43. The van der Waals surface area contributed by atoms with Gasteiger partial charge in [0.1, 0.15) is 0 Å². The van der Waals surface area contributed by atoms with Crippen LogP contribution in [-0.4, -0.2) is 18.5 Å². The average Bonchev–Trinajstić information content (AvgIpc) is 2.86. The normalized spacial score (nSPS) is 11.7. The lowest BCUT2D eigenvalue weighted by Gasteiger charge is -2.08. The third-order valence-corrected chi connectivity index (χ3v) is 4.44. The zero-order valence-corrected chi connectivity index (χ0v) is 13.6. The van der Waals surface area contributed by atoms with Gasteiger partial charge >= 0.3 is 5.97 Å². The van der Waals surface area contributed by atoms with Gasteiger partial charge in [0, 0.05) is 15.6 Å². The summed E-state index contributed by atoms with van der Waals surface area (Å²) in [4.78, 5) is 23.5. The van der Waals surface area contributed by atoms with Crippen molar-refractivity contribution in [3.63, 3.8) is 0 Å². The molecular formula is C17H14BrNO3. The second kappa shape index (κ2) is 5.57. The molecule has 3 rings (SSSR count). The molecule has 0 fully saturated rings. The first-order valence-electron chi connectivity index (χ1n) is 6.94. The molecule has 1 aliphatic rings. The van der Waals surface area contributed by atoms with E-state index in [1.54, 1.807) is 19.1 Å². The summed E-state index contributed by atoms with van der Waals surface area (Å²) in [7, 11) is 0. The minimum Gasteiger partial charge on any atom is -0.462 e. The number of carbonyl (C=O) groups excluding carboxylic acids is 2. The molecule has 0 aromatic heterocycles. The van der Waals surface area contributed by atoms with Crippen molar-refractivity contribution >= 4 is 27.8 Å². The molecular weight excluding hydrogens is 346 g/mol. The Balaban J connectivity index is 2.11. The molecule has 2 aromatic carbocycles. The fourth-order valence-electron chi connectivity index (χ4n) is 2.84. The number of ether oxygens (including phenoxy) is 1. The Hall–Kier alpha value is -2.14. The quantitative estimate of drug-likeness (QED) is 0.729. The van der Waals surface area contributed by atoms with Crippen molar-refractivity contribution < 1.29 is 14.3 Å². The molecule has 0 unspecified atom stereocenters. The van der Waals surface area contributed by atoms with Crippen LogP contribution in [0.15, 0.2) is 34.8 Å². The highest BCUT2D eigenvalue weighted by atomic mass is 79.9. The van der Waals surface area contributed by atoms with Gasteiger partial charge in [-0.25, -0.2) is 4.79 Å². The molecule has 0 saturated heterocycles. The number of amides is 1. The van der Waals surface area contributed by atoms with Crippen LogP contribution in [0, 0.1) is 0 Å². The van der Waals surface area contributed by atoms with Crippen molar-refractivity contribution in [1.29, 1.82) is 0 Å². The summed E-state index contributed by atoms with van der Waals surface area (Å²) in [6.07, 6.45) is 0.579. The molecule has 1 aliphatic carbocycles. The molecule has 0 heterocycles. The second-order valence-corrected chi connectivity index (χ2v) is 5.94. The van der Waals surface area contributed by atoms with E-state index in [0.29, 0.717) is 24.2 Å². The van der Waals surface area contributed by atoms with Crippen molar-refractivity contribution in [2.24, 2.45) is 5.73 Å². The van der Waals surface area contributed by atoms with Crippen LogP contribution in [0.4, 0.5) is 0 Å². The molecule has 112 valence electrons. The van der Waals surface area contributed by atoms with Gasteiger partial charge in [-0.2, -0.15) is 0 Å². The number of rotatable bonds is 3. The summed E-state index contributed by atoms with van der Waals surface area (Å²) in [6, 6.07) is 9.01. The number of esters is 1. The van der Waals surface area contributed by atoms with Gasteiger partial charge in [-0.15, -0.1) is 0 Å². The minimum atomic E-state index is -0.442. The second-order valence-electron chi connectivity index (χ2n) is 5.08. The van der Waals surface area contributed by atoms with Gasteiger partial charge in [-0.3, -0.25) is 4.79 Å². The lowest BCUT2D eigenvalue weighted by Crippen LogP contribution is -2.13. The molecule has 1 amide bonds. The van der Waals surface area contributed by atoms with E-state index in [-0.39, 0.29) is 5.97 Å². The lowest BCUT2D eigenvalue weighted by atomic mass is 10.0. The van der Waals surface area contributed by atoms with E-state index in [1.807, 2.05) is 18.2 Å². The smallest absolute Gasteiger partial charge is 0.338 e. The summed E-state index contributed by atoms with van der Waals surface area (Å²) in [5, 5.41) is 0. The first-order valence-corrected chi connectivity index (χ1v) is 7.73. The van der Waals surface area contributed by atoms with E-state index < -0.39 is 5.91 Å². The van der Waals surface area contributed by atoms with E-state index in [4.69, 9.17) is 10.5 Å². The number of halogens is 1. The molecule has 0 bridgehead atoms. The SMILES string of the molecule is CCOC(=O)c1ccc2c(c1)Cc1c(C(N)=O)ccc(Br)c1-2. The minimum absolute atomic E-state index is 0.338. The lowest BCUT2D eigenvalue weighted by molar-refractivity contribution is 0.0526. The largest absolute Gasteiger partial charge is 0.462 e. The van der Waals surface area contributed by atoms with Gasteiger partial charge in [-0.05, 0) is 54.3 Å². The first kappa shape index (κ1) is 14.8. The maximum absolute atomic E-state index is 11.9. The van der Waals surface area contributed by atoms with Crippen molar-refractivity contribution in [2.75, 3.05) is 6.61 Å². The van der Waals surface area contributed by atoms with Gasteiger partial charge in [-0.1, -0.05) is 22.0 Å². The highest BCUT2D eigenvalue weighted by Gasteiger charge is 2.26. The molecule has 5 heteroatoms. The van der Waals surface area contributed by atoms with Crippen LogP contribution in [0.5, 0.6) is 0 Å². The van der Waals surface area contributed by atoms with Crippen LogP contribution in [-0.2, 0) is 11.2 Å². The number of nitrogens with two attached hydrogens (primary N) is 1. The Bertz CT molecular complexity index is 799. The molecule has 0 saturated carbocycles. The predicted octanol–water partition coefficient (Wildman–Crippen LogP) is 3.30. The number of hydrogen-bond acceptors (Lipinski definition) is 3. The Labute approximate surface area is 136 Å². The van der Waals surface area contributed by atoms with Gasteiger partial charge in [0.2, 0.25) is 5.91 Å². The topological polar surface area (TPSA) is 69.4 Å². The summed E-state index contributed by atoms with van der Waals surface area (Å²) in [5.74, 6) is -0.780. The number of carbonyl (C=O) groups is 2. The van der Waals surface area contributed by atoms with Crippen LogP contribution in [0.2, 0.25) is 0 Å². The van der Waals surface area contributed by atoms with E-state index in [0.717, 1.165) is 26.7 Å². The average molecular weight is 360 g/mol. The molecule has 2 aromatic rings. The zero-order chi connectivity index (χ0) is 15.9. The van der Waals surface area contributed by atoms with Gasteiger partial charge < -0.3 is 10.5 Å². The van der Waals surface area contributed by atoms with Crippen LogP contribution >= 0.6 is 15.9 Å². The van der Waals surface area contributed by atoms with Crippen LogP contribution in [0.1, 0.15) is 38.8 Å². The maximum Gasteiger partial charge on any atom is 0.338 e. The summed E-state index contributed by atoms with van der Waals surface area (Å²) < 4.78 is 5.94. The number of benzene rings is 2. The van der Waals surface area contributed by atoms with Crippen LogP contribution < -0.4 is 5.73 Å². The molecule has 0 aliphatic heterocycles. The number of hydrogen-bond donors (Lipinski definition) is 1. The summed E-state index contributed by atoms with van der Waals surface area (Å²) in [6.45, 7) is 2.12. The van der Waals surface area contributed by atoms with E-state index in [1.165, 1.54) is 0 Å². The van der Waals surface area contributed by atoms with Gasteiger partial charge in [0.25, 0.3) is 0 Å². The molecule has 0 radical (unpaired) electrons. The first-order chi connectivity index (χ1) is 10.5. The van der Waals surface area contributed by atoms with Crippen molar-refractivity contribution in [2.45, 2.75) is 13.3 Å². The Morgan fingerprint density at radius 2 is 2.05 bits per heavy atom. The van der Waals surface area contributed by atoms with E-state index in [9.17, 15) is 9.59 Å². The van der Waals surface area contributed by atoms with E-state index >= 15 is 0 Å². The van der Waals surface area contributed by atoms with Crippen molar-refractivity contribution in [3.8, 4) is 11.1 Å². The molecule has 2 N–H and O–H groups in total.